The standard InChI is InChI=1S/C19H26N6O3/c1-27-19(26)17-8-21-18(9-20-17)25-11-15-10-23(12-16(25)14-28-13-15)5-3-7-24-6-2-4-22-24/h2,4,6,8-9,15-16H,3,5,7,10-14H2,1H3/t15-,16-/m0/s1. The SMILES string of the molecule is COC(=O)c1cnc(N2C[C@H]3COC[C@@H]2CN(CCCn2cccn2)C3)cn1. The average Bonchev–Trinajstić information content (AvgIpc) is 3.06. The molecule has 28 heavy (non-hydrogen) atoms. The molecule has 0 spiro atoms. The first-order valence-electron chi connectivity index (χ1n) is 9.67. The average molecular weight is 386 g/mol. The van der Waals surface area contributed by atoms with Gasteiger partial charge >= 0.3 is 5.97 Å². The number of methoxy groups -OCH3 is 1. The molecule has 4 rings (SSSR count). The highest BCUT2D eigenvalue weighted by molar-refractivity contribution is 5.86. The number of hydrogen-bond donors (Lipinski definition) is 0. The summed E-state index contributed by atoms with van der Waals surface area (Å²) in [6.07, 6.45) is 8.03. The smallest absolute Gasteiger partial charge is 0.358 e. The van der Waals surface area contributed by atoms with Crippen LogP contribution in [0, 0.1) is 5.92 Å². The third-order valence-corrected chi connectivity index (χ3v) is 5.29. The van der Waals surface area contributed by atoms with E-state index in [0.717, 1.165) is 51.6 Å². The van der Waals surface area contributed by atoms with Crippen molar-refractivity contribution >= 4 is 11.8 Å². The van der Waals surface area contributed by atoms with Gasteiger partial charge in [-0.1, -0.05) is 0 Å². The Hall–Kier alpha value is -2.52. The van der Waals surface area contributed by atoms with E-state index in [9.17, 15) is 4.79 Å². The second kappa shape index (κ2) is 8.66. The highest BCUT2D eigenvalue weighted by Crippen LogP contribution is 2.24. The number of anilines is 1. The summed E-state index contributed by atoms with van der Waals surface area (Å²) in [6.45, 7) is 6.22. The van der Waals surface area contributed by atoms with Crippen molar-refractivity contribution in [2.45, 2.75) is 19.0 Å². The fourth-order valence-corrected chi connectivity index (χ4v) is 3.97. The molecule has 0 aromatic carbocycles. The molecule has 150 valence electrons. The third-order valence-electron chi connectivity index (χ3n) is 5.29. The monoisotopic (exact) mass is 386 g/mol. The molecule has 2 aromatic rings. The van der Waals surface area contributed by atoms with Gasteiger partial charge in [0.25, 0.3) is 0 Å². The molecule has 0 N–H and O–H groups in total. The van der Waals surface area contributed by atoms with E-state index in [1.165, 1.54) is 13.3 Å². The van der Waals surface area contributed by atoms with E-state index in [2.05, 4.69) is 24.9 Å². The Balaban J connectivity index is 1.42. The Kier molecular flexibility index (Phi) is 5.82. The van der Waals surface area contributed by atoms with Gasteiger partial charge in [-0.3, -0.25) is 4.68 Å². The summed E-state index contributed by atoms with van der Waals surface area (Å²) < 4.78 is 12.6. The van der Waals surface area contributed by atoms with Gasteiger partial charge in [0.05, 0.1) is 38.8 Å². The lowest BCUT2D eigenvalue weighted by atomic mass is 10.1. The van der Waals surface area contributed by atoms with E-state index >= 15 is 0 Å². The van der Waals surface area contributed by atoms with Crippen LogP contribution in [0.1, 0.15) is 16.9 Å². The number of nitrogens with zero attached hydrogens (tertiary/aromatic N) is 6. The van der Waals surface area contributed by atoms with Gasteiger partial charge in [-0.15, -0.1) is 0 Å². The fourth-order valence-electron chi connectivity index (χ4n) is 3.97. The summed E-state index contributed by atoms with van der Waals surface area (Å²) in [7, 11) is 1.34. The summed E-state index contributed by atoms with van der Waals surface area (Å²) in [5.74, 6) is 0.728. The van der Waals surface area contributed by atoms with Crippen LogP contribution in [-0.2, 0) is 16.0 Å². The van der Waals surface area contributed by atoms with Crippen molar-refractivity contribution in [1.82, 2.24) is 24.6 Å². The minimum absolute atomic E-state index is 0.218. The van der Waals surface area contributed by atoms with E-state index in [1.807, 2.05) is 23.1 Å². The molecule has 4 heterocycles. The van der Waals surface area contributed by atoms with Crippen LogP contribution in [0.2, 0.25) is 0 Å². The molecule has 9 heteroatoms. The van der Waals surface area contributed by atoms with Gasteiger partial charge in [-0.2, -0.15) is 5.10 Å². The van der Waals surface area contributed by atoms with Gasteiger partial charge < -0.3 is 19.3 Å². The van der Waals surface area contributed by atoms with Crippen LogP contribution in [-0.4, -0.2) is 83.2 Å². The van der Waals surface area contributed by atoms with Gasteiger partial charge in [0.1, 0.15) is 5.82 Å². The van der Waals surface area contributed by atoms with Crippen LogP contribution in [0.5, 0.6) is 0 Å². The van der Waals surface area contributed by atoms with E-state index in [4.69, 9.17) is 9.47 Å². The quantitative estimate of drug-likeness (QED) is 0.671. The third kappa shape index (κ3) is 4.31. The van der Waals surface area contributed by atoms with E-state index in [-0.39, 0.29) is 11.7 Å². The van der Waals surface area contributed by atoms with Crippen LogP contribution in [0.15, 0.2) is 30.9 Å². The molecule has 0 saturated carbocycles. The van der Waals surface area contributed by atoms with Gasteiger partial charge in [-0.25, -0.2) is 14.8 Å². The van der Waals surface area contributed by atoms with Gasteiger partial charge in [0.15, 0.2) is 5.69 Å². The van der Waals surface area contributed by atoms with Crippen molar-refractivity contribution in [3.05, 3.63) is 36.5 Å². The summed E-state index contributed by atoms with van der Waals surface area (Å²) in [5, 5.41) is 4.27. The Labute approximate surface area is 164 Å². The molecular formula is C19H26N6O3. The number of fused-ring (bicyclic) bond motifs is 3. The number of aromatic nitrogens is 4. The van der Waals surface area contributed by atoms with Crippen molar-refractivity contribution < 1.29 is 14.3 Å². The summed E-state index contributed by atoms with van der Waals surface area (Å²) in [5.41, 5.74) is 0.223. The molecule has 9 nitrogen and oxygen atoms in total. The molecule has 2 aliphatic heterocycles. The lowest BCUT2D eigenvalue weighted by Crippen LogP contribution is -2.44. The number of hydrogen-bond acceptors (Lipinski definition) is 8. The molecular weight excluding hydrogens is 360 g/mol. The van der Waals surface area contributed by atoms with Crippen LogP contribution in [0.25, 0.3) is 0 Å². The number of carbonyl (C=O) groups excluding carboxylic acids is 1. The number of esters is 1. The number of ether oxygens (including phenoxy) is 2. The largest absolute Gasteiger partial charge is 0.464 e. The van der Waals surface area contributed by atoms with Crippen LogP contribution in [0.3, 0.4) is 0 Å². The van der Waals surface area contributed by atoms with E-state index in [0.29, 0.717) is 12.5 Å². The van der Waals surface area contributed by atoms with E-state index in [1.54, 1.807) is 6.20 Å². The van der Waals surface area contributed by atoms with Crippen LogP contribution in [0.4, 0.5) is 5.82 Å². The maximum atomic E-state index is 11.6. The zero-order valence-corrected chi connectivity index (χ0v) is 16.1. The molecule has 2 bridgehead atoms. The number of rotatable bonds is 6. The molecule has 2 fully saturated rings. The first-order valence-corrected chi connectivity index (χ1v) is 9.67. The molecule has 0 amide bonds. The van der Waals surface area contributed by atoms with Crippen molar-refractivity contribution in [3.8, 4) is 0 Å². The van der Waals surface area contributed by atoms with Gasteiger partial charge in [-0.05, 0) is 19.0 Å². The Morgan fingerprint density at radius 3 is 2.89 bits per heavy atom. The number of carbonyl (C=O) groups is 1. The first-order chi connectivity index (χ1) is 13.7. The molecule has 2 aliphatic rings. The Morgan fingerprint density at radius 2 is 2.14 bits per heavy atom. The van der Waals surface area contributed by atoms with Crippen molar-refractivity contribution in [2.75, 3.05) is 51.4 Å². The predicted molar refractivity (Wildman–Crippen MR) is 102 cm³/mol. The molecule has 0 unspecified atom stereocenters. The van der Waals surface area contributed by atoms with Crippen molar-refractivity contribution in [3.63, 3.8) is 0 Å². The summed E-state index contributed by atoms with van der Waals surface area (Å²) >= 11 is 0. The second-order valence-corrected chi connectivity index (χ2v) is 7.34. The molecule has 0 aliphatic carbocycles. The minimum atomic E-state index is -0.472. The Bertz CT molecular complexity index is 766. The molecule has 2 saturated heterocycles. The molecule has 2 atom stereocenters. The maximum Gasteiger partial charge on any atom is 0.358 e. The lowest BCUT2D eigenvalue weighted by Gasteiger charge is -2.31. The van der Waals surface area contributed by atoms with Crippen molar-refractivity contribution in [2.24, 2.45) is 5.92 Å². The number of aryl methyl sites for hydroxylation is 1. The second-order valence-electron chi connectivity index (χ2n) is 7.34. The minimum Gasteiger partial charge on any atom is -0.464 e. The maximum absolute atomic E-state index is 11.6. The lowest BCUT2D eigenvalue weighted by molar-refractivity contribution is 0.0593. The summed E-state index contributed by atoms with van der Waals surface area (Å²) in [4.78, 5) is 25.1. The first kappa shape index (κ1) is 18.8. The summed E-state index contributed by atoms with van der Waals surface area (Å²) in [6, 6.07) is 2.17. The molecule has 0 radical (unpaired) electrons. The zero-order chi connectivity index (χ0) is 19.3. The van der Waals surface area contributed by atoms with Crippen LogP contribution >= 0.6 is 0 Å². The van der Waals surface area contributed by atoms with Gasteiger partial charge in [0, 0.05) is 44.5 Å². The molecule has 2 aromatic heterocycles. The highest BCUT2D eigenvalue weighted by atomic mass is 16.5. The normalized spacial score (nSPS) is 22.7. The topological polar surface area (TPSA) is 85.6 Å². The zero-order valence-electron chi connectivity index (χ0n) is 16.1. The predicted octanol–water partition coefficient (Wildman–Crippen LogP) is 0.687. The van der Waals surface area contributed by atoms with Crippen molar-refractivity contribution in [1.29, 1.82) is 0 Å². The van der Waals surface area contributed by atoms with Gasteiger partial charge in [0.2, 0.25) is 0 Å². The Morgan fingerprint density at radius 1 is 1.21 bits per heavy atom. The highest BCUT2D eigenvalue weighted by Gasteiger charge is 2.34. The van der Waals surface area contributed by atoms with E-state index < -0.39 is 5.97 Å². The van der Waals surface area contributed by atoms with Crippen LogP contribution < -0.4 is 4.90 Å². The fraction of sp³-hybridized carbons (Fsp3) is 0.579.